The molecular weight excluding hydrogens is 457 g/mol. The molecular formula is C29H28FN3O3. The van der Waals surface area contributed by atoms with Crippen molar-refractivity contribution in [2.45, 2.75) is 39.3 Å². The summed E-state index contributed by atoms with van der Waals surface area (Å²) in [4.78, 5) is 36.5. The maximum absolute atomic E-state index is 14.4. The number of methoxy groups -OCH3 is 1. The van der Waals surface area contributed by atoms with Crippen molar-refractivity contribution < 1.29 is 18.7 Å². The smallest absolute Gasteiger partial charge is 0.222 e. The number of piperidine rings is 1. The van der Waals surface area contributed by atoms with E-state index < -0.39 is 5.82 Å². The van der Waals surface area contributed by atoms with Crippen LogP contribution in [0.5, 0.6) is 5.75 Å². The van der Waals surface area contributed by atoms with Crippen LogP contribution in [0.4, 0.5) is 4.39 Å². The Morgan fingerprint density at radius 3 is 2.86 bits per heavy atom. The molecule has 2 aliphatic rings. The first kappa shape index (κ1) is 23.9. The number of carbonyl (C=O) groups is 2. The SMILES string of the molecule is COc1cccc(F)c1CN1C[C@@H](CC(=O)c2ccc3c(c2)C(c2ccnc(C)c2)=NC3)CCC1=O. The van der Waals surface area contributed by atoms with Crippen LogP contribution in [0, 0.1) is 18.7 Å². The second-order valence-electron chi connectivity index (χ2n) is 9.45. The Morgan fingerprint density at radius 1 is 1.19 bits per heavy atom. The lowest BCUT2D eigenvalue weighted by atomic mass is 9.89. The quantitative estimate of drug-likeness (QED) is 0.446. The van der Waals surface area contributed by atoms with Gasteiger partial charge >= 0.3 is 0 Å². The average molecular weight is 486 g/mol. The van der Waals surface area contributed by atoms with E-state index >= 15 is 0 Å². The third kappa shape index (κ3) is 4.78. The molecule has 184 valence electrons. The summed E-state index contributed by atoms with van der Waals surface area (Å²) in [6, 6.07) is 14.4. The molecule has 1 aromatic heterocycles. The molecule has 1 fully saturated rings. The highest BCUT2D eigenvalue weighted by molar-refractivity contribution is 6.16. The number of halogens is 1. The van der Waals surface area contributed by atoms with E-state index in [2.05, 4.69) is 4.98 Å². The summed E-state index contributed by atoms with van der Waals surface area (Å²) in [5.41, 5.74) is 5.89. The molecule has 0 bridgehead atoms. The van der Waals surface area contributed by atoms with Gasteiger partial charge in [-0.2, -0.15) is 0 Å². The number of likely N-dealkylation sites (tertiary alicyclic amines) is 1. The molecule has 0 unspecified atom stereocenters. The monoisotopic (exact) mass is 485 g/mol. The maximum Gasteiger partial charge on any atom is 0.222 e. The molecule has 3 aromatic rings. The first-order chi connectivity index (χ1) is 17.4. The van der Waals surface area contributed by atoms with Crippen molar-refractivity contribution in [2.24, 2.45) is 10.9 Å². The lowest BCUT2D eigenvalue weighted by Crippen LogP contribution is -2.40. The second kappa shape index (κ2) is 10.0. The number of hydrogen-bond donors (Lipinski definition) is 0. The van der Waals surface area contributed by atoms with Gasteiger partial charge in [0.15, 0.2) is 5.78 Å². The minimum absolute atomic E-state index is 0.0113. The van der Waals surface area contributed by atoms with Crippen LogP contribution in [0.3, 0.4) is 0 Å². The normalized spacial score (nSPS) is 17.1. The fourth-order valence-corrected chi connectivity index (χ4v) is 5.06. The van der Waals surface area contributed by atoms with Gasteiger partial charge in [-0.15, -0.1) is 0 Å². The number of fused-ring (bicyclic) bond motifs is 1. The zero-order chi connectivity index (χ0) is 25.2. The molecule has 36 heavy (non-hydrogen) atoms. The maximum atomic E-state index is 14.4. The number of ether oxygens (including phenoxy) is 1. The van der Waals surface area contributed by atoms with Crippen LogP contribution in [0.2, 0.25) is 0 Å². The topological polar surface area (TPSA) is 71.9 Å². The van der Waals surface area contributed by atoms with Gasteiger partial charge in [0.2, 0.25) is 5.91 Å². The van der Waals surface area contributed by atoms with E-state index in [0.717, 1.165) is 28.1 Å². The summed E-state index contributed by atoms with van der Waals surface area (Å²) in [5, 5.41) is 0. The van der Waals surface area contributed by atoms with Gasteiger partial charge in [-0.05, 0) is 55.2 Å². The highest BCUT2D eigenvalue weighted by atomic mass is 19.1. The first-order valence-corrected chi connectivity index (χ1v) is 12.2. The van der Waals surface area contributed by atoms with Crippen LogP contribution in [0.25, 0.3) is 0 Å². The van der Waals surface area contributed by atoms with Crippen LogP contribution in [0.1, 0.15) is 57.6 Å². The Labute approximate surface area is 209 Å². The van der Waals surface area contributed by atoms with E-state index in [-0.39, 0.29) is 24.2 Å². The van der Waals surface area contributed by atoms with Crippen molar-refractivity contribution in [3.63, 3.8) is 0 Å². The molecule has 0 saturated carbocycles. The molecule has 1 amide bonds. The van der Waals surface area contributed by atoms with Crippen LogP contribution in [0.15, 0.2) is 59.7 Å². The molecule has 0 aliphatic carbocycles. The minimum atomic E-state index is -0.402. The molecule has 0 radical (unpaired) electrons. The summed E-state index contributed by atoms with van der Waals surface area (Å²) in [5.74, 6) is 0.0336. The predicted molar refractivity (Wildman–Crippen MR) is 135 cm³/mol. The number of amides is 1. The fourth-order valence-electron chi connectivity index (χ4n) is 5.06. The van der Waals surface area contributed by atoms with Crippen LogP contribution >= 0.6 is 0 Å². The number of pyridine rings is 1. The Kier molecular flexibility index (Phi) is 6.63. The van der Waals surface area contributed by atoms with Crippen LogP contribution in [-0.4, -0.2) is 40.9 Å². The zero-order valence-electron chi connectivity index (χ0n) is 20.5. The summed E-state index contributed by atoms with van der Waals surface area (Å²) in [6.07, 6.45) is 3.09. The van der Waals surface area contributed by atoms with Crippen LogP contribution < -0.4 is 4.74 Å². The van der Waals surface area contributed by atoms with E-state index in [0.29, 0.717) is 49.2 Å². The standard InChI is InChI=1S/C29H28FN3O3/c1-18-12-21(10-11-31-18)29-23-14-20(7-8-22(23)15-32-29)26(34)13-19-6-9-28(35)33(16-19)17-24-25(30)4-3-5-27(24)36-2/h3-5,7-8,10-12,14,19H,6,9,13,15-17H2,1-2H3/t19-/m1/s1. The summed E-state index contributed by atoms with van der Waals surface area (Å²) < 4.78 is 19.7. The van der Waals surface area contributed by atoms with Crippen LogP contribution in [-0.2, 0) is 17.9 Å². The summed E-state index contributed by atoms with van der Waals surface area (Å²) in [6.45, 7) is 3.08. The van der Waals surface area contributed by atoms with Gasteiger partial charge < -0.3 is 9.64 Å². The van der Waals surface area contributed by atoms with Crippen molar-refractivity contribution in [3.8, 4) is 5.75 Å². The van der Waals surface area contributed by atoms with Crippen molar-refractivity contribution in [3.05, 3.63) is 94.1 Å². The highest BCUT2D eigenvalue weighted by Crippen LogP contribution is 2.29. The Bertz CT molecular complexity index is 1370. The van der Waals surface area contributed by atoms with Gasteiger partial charge in [0, 0.05) is 53.5 Å². The molecule has 2 aliphatic heterocycles. The first-order valence-electron chi connectivity index (χ1n) is 12.2. The number of hydrogen-bond acceptors (Lipinski definition) is 5. The lowest BCUT2D eigenvalue weighted by Gasteiger charge is -2.33. The number of carbonyl (C=O) groups excluding carboxylic acids is 2. The predicted octanol–water partition coefficient (Wildman–Crippen LogP) is 4.90. The average Bonchev–Trinajstić information content (AvgIpc) is 3.30. The van der Waals surface area contributed by atoms with E-state index in [4.69, 9.17) is 9.73 Å². The van der Waals surface area contributed by atoms with Gasteiger partial charge in [0.05, 0.1) is 25.9 Å². The third-order valence-corrected chi connectivity index (χ3v) is 6.98. The fraction of sp³-hybridized carbons (Fsp3) is 0.310. The van der Waals surface area contributed by atoms with Crippen molar-refractivity contribution >= 4 is 17.4 Å². The Hall–Kier alpha value is -3.87. The van der Waals surface area contributed by atoms with Gasteiger partial charge in [-0.25, -0.2) is 4.39 Å². The van der Waals surface area contributed by atoms with Crippen molar-refractivity contribution in [2.75, 3.05) is 13.7 Å². The number of ketones is 1. The van der Waals surface area contributed by atoms with Crippen molar-refractivity contribution in [1.82, 2.24) is 9.88 Å². The second-order valence-corrected chi connectivity index (χ2v) is 9.45. The number of benzene rings is 2. The molecule has 0 N–H and O–H groups in total. The van der Waals surface area contributed by atoms with Gasteiger partial charge in [0.1, 0.15) is 11.6 Å². The molecule has 1 saturated heterocycles. The van der Waals surface area contributed by atoms with E-state index in [1.165, 1.54) is 13.2 Å². The number of aryl methyl sites for hydroxylation is 1. The molecule has 1 atom stereocenters. The molecule has 6 nitrogen and oxygen atoms in total. The molecule has 2 aromatic carbocycles. The summed E-state index contributed by atoms with van der Waals surface area (Å²) >= 11 is 0. The summed E-state index contributed by atoms with van der Waals surface area (Å²) in [7, 11) is 1.49. The highest BCUT2D eigenvalue weighted by Gasteiger charge is 2.29. The number of aromatic nitrogens is 1. The van der Waals surface area contributed by atoms with E-state index in [1.54, 1.807) is 23.2 Å². The third-order valence-electron chi connectivity index (χ3n) is 6.98. The Morgan fingerprint density at radius 2 is 2.06 bits per heavy atom. The number of Topliss-reactive ketones (excluding diaryl/α,β-unsaturated/α-hetero) is 1. The van der Waals surface area contributed by atoms with E-state index in [9.17, 15) is 14.0 Å². The molecule has 0 spiro atoms. The minimum Gasteiger partial charge on any atom is -0.496 e. The number of rotatable bonds is 7. The lowest BCUT2D eigenvalue weighted by molar-refractivity contribution is -0.135. The van der Waals surface area contributed by atoms with Crippen molar-refractivity contribution in [1.29, 1.82) is 0 Å². The molecule has 5 rings (SSSR count). The Balaban J connectivity index is 1.30. The largest absolute Gasteiger partial charge is 0.496 e. The zero-order valence-corrected chi connectivity index (χ0v) is 20.5. The molecule has 3 heterocycles. The van der Waals surface area contributed by atoms with Gasteiger partial charge in [-0.3, -0.25) is 19.6 Å². The number of aliphatic imine (C=N–C) groups is 1. The van der Waals surface area contributed by atoms with Gasteiger partial charge in [0.25, 0.3) is 0 Å². The van der Waals surface area contributed by atoms with E-state index in [1.807, 2.05) is 37.3 Å². The van der Waals surface area contributed by atoms with Gasteiger partial charge in [-0.1, -0.05) is 18.2 Å². The number of nitrogens with zero attached hydrogens (tertiary/aromatic N) is 3. The molecule has 7 heteroatoms.